The molecule has 0 saturated heterocycles. The molecular formula is C22H26N6. The van der Waals surface area contributed by atoms with Crippen molar-refractivity contribution in [1.82, 2.24) is 24.1 Å². The normalized spacial score (nSPS) is 19.8. The van der Waals surface area contributed by atoms with E-state index in [4.69, 9.17) is 5.73 Å². The Bertz CT molecular complexity index is 1150. The molecule has 5 rings (SSSR count). The highest BCUT2D eigenvalue weighted by molar-refractivity contribution is 5.86. The van der Waals surface area contributed by atoms with Crippen LogP contribution in [0.4, 0.5) is 5.82 Å². The van der Waals surface area contributed by atoms with Gasteiger partial charge in [-0.1, -0.05) is 0 Å². The van der Waals surface area contributed by atoms with Gasteiger partial charge in [0.1, 0.15) is 17.8 Å². The number of anilines is 1. The maximum atomic E-state index is 5.99. The van der Waals surface area contributed by atoms with Crippen LogP contribution in [0.15, 0.2) is 36.9 Å². The second-order valence-corrected chi connectivity index (χ2v) is 8.20. The molecule has 1 saturated carbocycles. The zero-order chi connectivity index (χ0) is 19.3. The number of rotatable bonds is 4. The Kier molecular flexibility index (Phi) is 4.07. The molecule has 1 aliphatic carbocycles. The lowest BCUT2D eigenvalue weighted by molar-refractivity contribution is 0.458. The zero-order valence-corrected chi connectivity index (χ0v) is 16.5. The minimum atomic E-state index is 0.508. The van der Waals surface area contributed by atoms with E-state index in [1.54, 1.807) is 6.33 Å². The number of hydrogen-bond acceptors (Lipinski definition) is 4. The van der Waals surface area contributed by atoms with Crippen molar-refractivity contribution >= 4 is 27.9 Å². The zero-order valence-electron chi connectivity index (χ0n) is 16.5. The fourth-order valence-electron chi connectivity index (χ4n) is 4.79. The van der Waals surface area contributed by atoms with E-state index in [-0.39, 0.29) is 0 Å². The number of pyridine rings is 1. The van der Waals surface area contributed by atoms with Crippen LogP contribution in [-0.2, 0) is 13.5 Å². The van der Waals surface area contributed by atoms with Crippen LogP contribution in [0.25, 0.3) is 22.1 Å². The molecule has 0 bridgehead atoms. The average molecular weight is 374 g/mol. The van der Waals surface area contributed by atoms with Crippen LogP contribution in [0.5, 0.6) is 0 Å². The number of hydrogen-bond donors (Lipinski definition) is 1. The van der Waals surface area contributed by atoms with E-state index in [0.717, 1.165) is 28.9 Å². The highest BCUT2D eigenvalue weighted by atomic mass is 15.1. The molecule has 0 aromatic carbocycles. The summed E-state index contributed by atoms with van der Waals surface area (Å²) in [6, 6.07) is 7.03. The first-order chi connectivity index (χ1) is 13.6. The highest BCUT2D eigenvalue weighted by Gasteiger charge is 2.27. The van der Waals surface area contributed by atoms with Crippen LogP contribution >= 0.6 is 0 Å². The van der Waals surface area contributed by atoms with Gasteiger partial charge in [0.2, 0.25) is 0 Å². The van der Waals surface area contributed by atoms with Gasteiger partial charge in [-0.15, -0.1) is 0 Å². The molecule has 6 heteroatoms. The summed E-state index contributed by atoms with van der Waals surface area (Å²) in [6.07, 6.45) is 11.6. The molecule has 0 spiro atoms. The lowest BCUT2D eigenvalue weighted by atomic mass is 10.0. The quantitative estimate of drug-likeness (QED) is 0.581. The predicted molar refractivity (Wildman–Crippen MR) is 112 cm³/mol. The highest BCUT2D eigenvalue weighted by Crippen LogP contribution is 2.39. The second kappa shape index (κ2) is 6.62. The number of nitrogens with zero attached hydrogens (tertiary/aromatic N) is 5. The van der Waals surface area contributed by atoms with Gasteiger partial charge in [0.15, 0.2) is 0 Å². The number of aryl methyl sites for hydroxylation is 3. The molecule has 4 heterocycles. The predicted octanol–water partition coefficient (Wildman–Crippen LogP) is 4.18. The fourth-order valence-corrected chi connectivity index (χ4v) is 4.79. The molecule has 1 aliphatic rings. The summed E-state index contributed by atoms with van der Waals surface area (Å²) in [6.45, 7) is 2.10. The van der Waals surface area contributed by atoms with Gasteiger partial charge < -0.3 is 14.9 Å². The third kappa shape index (κ3) is 2.84. The summed E-state index contributed by atoms with van der Waals surface area (Å²) in [5.41, 5.74) is 11.9. The number of nitrogens with two attached hydrogens (primary N) is 1. The molecule has 2 atom stereocenters. The van der Waals surface area contributed by atoms with Crippen LogP contribution in [-0.4, -0.2) is 24.1 Å². The Balaban J connectivity index is 1.29. The SMILES string of the molecule is Cc1cnc2cc(CCC3CCC(n4ccc5c(N)ncnc54)C3)n(C)c2c1. The van der Waals surface area contributed by atoms with Crippen molar-refractivity contribution in [3.63, 3.8) is 0 Å². The van der Waals surface area contributed by atoms with E-state index in [2.05, 4.69) is 56.4 Å². The molecular weight excluding hydrogens is 348 g/mol. The molecule has 6 nitrogen and oxygen atoms in total. The van der Waals surface area contributed by atoms with Crippen molar-refractivity contribution < 1.29 is 0 Å². The molecule has 2 unspecified atom stereocenters. The summed E-state index contributed by atoms with van der Waals surface area (Å²) in [5, 5.41) is 0.962. The van der Waals surface area contributed by atoms with E-state index in [1.165, 1.54) is 42.5 Å². The topological polar surface area (TPSA) is 74.6 Å². The van der Waals surface area contributed by atoms with Crippen LogP contribution in [0.1, 0.15) is 43.0 Å². The number of fused-ring (bicyclic) bond motifs is 2. The first kappa shape index (κ1) is 17.2. The first-order valence-corrected chi connectivity index (χ1v) is 10.1. The molecule has 1 fully saturated rings. The maximum Gasteiger partial charge on any atom is 0.145 e. The second-order valence-electron chi connectivity index (χ2n) is 8.20. The average Bonchev–Trinajstić information content (AvgIpc) is 3.39. The lowest BCUT2D eigenvalue weighted by Crippen LogP contribution is -2.06. The van der Waals surface area contributed by atoms with E-state index in [9.17, 15) is 0 Å². The van der Waals surface area contributed by atoms with E-state index < -0.39 is 0 Å². The van der Waals surface area contributed by atoms with Gasteiger partial charge in [0.25, 0.3) is 0 Å². The maximum absolute atomic E-state index is 5.99. The van der Waals surface area contributed by atoms with Gasteiger partial charge >= 0.3 is 0 Å². The smallest absolute Gasteiger partial charge is 0.145 e. The Morgan fingerprint density at radius 1 is 1.18 bits per heavy atom. The van der Waals surface area contributed by atoms with Crippen molar-refractivity contribution in [3.8, 4) is 0 Å². The van der Waals surface area contributed by atoms with Crippen molar-refractivity contribution in [3.05, 3.63) is 48.2 Å². The largest absolute Gasteiger partial charge is 0.383 e. The fraction of sp³-hybridized carbons (Fsp3) is 0.409. The summed E-state index contributed by atoms with van der Waals surface area (Å²) in [7, 11) is 2.16. The molecule has 4 aromatic rings. The van der Waals surface area contributed by atoms with Gasteiger partial charge in [-0.2, -0.15) is 0 Å². The van der Waals surface area contributed by atoms with Crippen molar-refractivity contribution in [2.75, 3.05) is 5.73 Å². The molecule has 28 heavy (non-hydrogen) atoms. The van der Waals surface area contributed by atoms with Crippen molar-refractivity contribution in [2.45, 2.75) is 45.1 Å². The Morgan fingerprint density at radius 3 is 2.96 bits per heavy atom. The Labute approximate surface area is 164 Å². The summed E-state index contributed by atoms with van der Waals surface area (Å²) in [5.74, 6) is 1.31. The van der Waals surface area contributed by atoms with Crippen LogP contribution < -0.4 is 5.73 Å². The summed E-state index contributed by atoms with van der Waals surface area (Å²) in [4.78, 5) is 13.1. The van der Waals surface area contributed by atoms with Gasteiger partial charge in [0, 0.05) is 31.2 Å². The number of nitrogen functional groups attached to an aromatic ring is 1. The molecule has 4 aromatic heterocycles. The minimum Gasteiger partial charge on any atom is -0.383 e. The van der Waals surface area contributed by atoms with Crippen LogP contribution in [0.3, 0.4) is 0 Å². The Morgan fingerprint density at radius 2 is 2.07 bits per heavy atom. The van der Waals surface area contributed by atoms with Crippen molar-refractivity contribution in [2.24, 2.45) is 13.0 Å². The van der Waals surface area contributed by atoms with Gasteiger partial charge in [-0.3, -0.25) is 4.98 Å². The lowest BCUT2D eigenvalue weighted by Gasteiger charge is -2.14. The van der Waals surface area contributed by atoms with Crippen LogP contribution in [0, 0.1) is 12.8 Å². The standard InChI is InChI=1S/C22H26N6/c1-14-9-20-19(24-12-14)11-16(27(20)2)5-3-15-4-6-17(10-15)28-8-7-18-21(23)25-13-26-22(18)28/h7-9,11-13,15,17H,3-6,10H2,1-2H3,(H2,23,25,26). The molecule has 0 aliphatic heterocycles. The van der Waals surface area contributed by atoms with Gasteiger partial charge in [-0.05, 0) is 68.7 Å². The minimum absolute atomic E-state index is 0.508. The van der Waals surface area contributed by atoms with E-state index in [0.29, 0.717) is 11.9 Å². The molecule has 0 radical (unpaired) electrons. The van der Waals surface area contributed by atoms with Crippen LogP contribution in [0.2, 0.25) is 0 Å². The Hall–Kier alpha value is -2.89. The molecule has 2 N–H and O–H groups in total. The monoisotopic (exact) mass is 374 g/mol. The van der Waals surface area contributed by atoms with E-state index in [1.807, 2.05) is 12.3 Å². The number of aromatic nitrogens is 5. The molecule has 0 amide bonds. The van der Waals surface area contributed by atoms with E-state index >= 15 is 0 Å². The molecule has 144 valence electrons. The first-order valence-electron chi connectivity index (χ1n) is 10.1. The summed E-state index contributed by atoms with van der Waals surface area (Å²) < 4.78 is 4.61. The summed E-state index contributed by atoms with van der Waals surface area (Å²) >= 11 is 0. The van der Waals surface area contributed by atoms with Crippen molar-refractivity contribution in [1.29, 1.82) is 0 Å². The third-order valence-corrected chi connectivity index (χ3v) is 6.39. The van der Waals surface area contributed by atoms with Gasteiger partial charge in [-0.25, -0.2) is 9.97 Å². The third-order valence-electron chi connectivity index (χ3n) is 6.39. The van der Waals surface area contributed by atoms with Gasteiger partial charge in [0.05, 0.1) is 16.4 Å².